The van der Waals surface area contributed by atoms with Gasteiger partial charge in [0.2, 0.25) is 0 Å². The van der Waals surface area contributed by atoms with E-state index in [-0.39, 0.29) is 0 Å². The molecule has 0 aliphatic carbocycles. The van der Waals surface area contributed by atoms with E-state index in [4.69, 9.17) is 21.1 Å². The quantitative estimate of drug-likeness (QED) is 0.602. The Morgan fingerprint density at radius 2 is 1.48 bits per heavy atom. The summed E-state index contributed by atoms with van der Waals surface area (Å²) < 4.78 is 10.7. The van der Waals surface area contributed by atoms with Gasteiger partial charge >= 0.3 is 0 Å². The summed E-state index contributed by atoms with van der Waals surface area (Å²) in [6.45, 7) is 0.357. The second-order valence-corrected chi connectivity index (χ2v) is 6.52. The molecule has 2 N–H and O–H groups in total. The lowest BCUT2D eigenvalue weighted by Gasteiger charge is -2.09. The van der Waals surface area contributed by atoms with Crippen molar-refractivity contribution in [3.05, 3.63) is 94.5 Å². The summed E-state index contributed by atoms with van der Waals surface area (Å²) >= 11 is 5.84. The van der Waals surface area contributed by atoms with Gasteiger partial charge in [-0.05, 0) is 60.2 Å². The third-order valence-corrected chi connectivity index (χ3v) is 4.31. The molecule has 6 nitrogen and oxygen atoms in total. The van der Waals surface area contributed by atoms with Crippen LogP contribution in [0.15, 0.2) is 72.8 Å². The molecule has 0 saturated carbocycles. The van der Waals surface area contributed by atoms with Crippen molar-refractivity contribution in [2.45, 2.75) is 6.61 Å². The summed E-state index contributed by atoms with van der Waals surface area (Å²) in [7, 11) is 1.52. The molecule has 148 valence electrons. The van der Waals surface area contributed by atoms with Gasteiger partial charge in [0, 0.05) is 16.1 Å². The number of hydrazine groups is 1. The number of hydrogen-bond acceptors (Lipinski definition) is 4. The monoisotopic (exact) mass is 410 g/mol. The lowest BCUT2D eigenvalue weighted by Crippen LogP contribution is -2.41. The molecule has 29 heavy (non-hydrogen) atoms. The summed E-state index contributed by atoms with van der Waals surface area (Å²) in [5.74, 6) is 0.397. The molecule has 0 saturated heterocycles. The van der Waals surface area contributed by atoms with Crippen molar-refractivity contribution >= 4 is 23.4 Å². The molecule has 0 bridgehead atoms. The molecule has 3 rings (SSSR count). The molecule has 0 aromatic heterocycles. The van der Waals surface area contributed by atoms with Crippen molar-refractivity contribution in [1.82, 2.24) is 10.9 Å². The zero-order valence-electron chi connectivity index (χ0n) is 15.6. The molecule has 0 atom stereocenters. The number of amides is 2. The van der Waals surface area contributed by atoms with Crippen molar-refractivity contribution in [2.75, 3.05) is 7.11 Å². The molecule has 3 aromatic rings. The first-order valence-corrected chi connectivity index (χ1v) is 9.15. The van der Waals surface area contributed by atoms with Crippen LogP contribution in [-0.2, 0) is 6.61 Å². The Bertz CT molecular complexity index is 988. The van der Waals surface area contributed by atoms with Crippen LogP contribution in [0.1, 0.15) is 26.3 Å². The second kappa shape index (κ2) is 9.61. The Hall–Kier alpha value is -3.51. The highest BCUT2D eigenvalue weighted by Crippen LogP contribution is 2.17. The third kappa shape index (κ3) is 5.73. The van der Waals surface area contributed by atoms with Crippen LogP contribution in [0.2, 0.25) is 5.02 Å². The average molecular weight is 411 g/mol. The van der Waals surface area contributed by atoms with Gasteiger partial charge in [0.1, 0.15) is 18.1 Å². The van der Waals surface area contributed by atoms with Crippen molar-refractivity contribution in [1.29, 1.82) is 0 Å². The molecule has 0 spiro atoms. The Labute approximate surface area is 173 Å². The van der Waals surface area contributed by atoms with Gasteiger partial charge in [0.25, 0.3) is 11.8 Å². The number of benzene rings is 3. The number of hydrogen-bond donors (Lipinski definition) is 2. The van der Waals surface area contributed by atoms with E-state index in [0.717, 1.165) is 5.56 Å². The van der Waals surface area contributed by atoms with Crippen LogP contribution in [-0.4, -0.2) is 18.9 Å². The molecule has 0 aliphatic heterocycles. The van der Waals surface area contributed by atoms with E-state index in [9.17, 15) is 9.59 Å². The van der Waals surface area contributed by atoms with Crippen LogP contribution in [0.5, 0.6) is 11.5 Å². The Balaban J connectivity index is 1.51. The topological polar surface area (TPSA) is 76.7 Å². The van der Waals surface area contributed by atoms with Crippen molar-refractivity contribution in [3.8, 4) is 11.5 Å². The zero-order chi connectivity index (χ0) is 20.6. The maximum absolute atomic E-state index is 12.2. The minimum atomic E-state index is -0.440. The number of carbonyl (C=O) groups is 2. The van der Waals surface area contributed by atoms with Crippen molar-refractivity contribution < 1.29 is 19.1 Å². The fourth-order valence-electron chi connectivity index (χ4n) is 2.47. The van der Waals surface area contributed by atoms with Crippen LogP contribution in [0.4, 0.5) is 0 Å². The minimum absolute atomic E-state index is 0.357. The van der Waals surface area contributed by atoms with E-state index < -0.39 is 11.8 Å². The van der Waals surface area contributed by atoms with Gasteiger partial charge in [-0.1, -0.05) is 29.8 Å². The predicted octanol–water partition coefficient (Wildman–Crippen LogP) is 4.00. The van der Waals surface area contributed by atoms with Gasteiger partial charge in [-0.15, -0.1) is 0 Å². The minimum Gasteiger partial charge on any atom is -0.497 e. The fraction of sp³-hybridized carbons (Fsp3) is 0.0909. The smallest absolute Gasteiger partial charge is 0.269 e. The maximum atomic E-state index is 12.2. The molecule has 0 heterocycles. The molecule has 0 unspecified atom stereocenters. The third-order valence-electron chi connectivity index (χ3n) is 4.06. The highest BCUT2D eigenvalue weighted by atomic mass is 35.5. The van der Waals surface area contributed by atoms with E-state index in [1.807, 2.05) is 0 Å². The number of carbonyl (C=O) groups excluding carboxylic acids is 2. The number of nitrogens with one attached hydrogen (secondary N) is 2. The van der Waals surface area contributed by atoms with Crippen LogP contribution in [0, 0.1) is 0 Å². The first-order valence-electron chi connectivity index (χ1n) is 8.77. The zero-order valence-corrected chi connectivity index (χ0v) is 16.4. The number of ether oxygens (including phenoxy) is 2. The summed E-state index contributed by atoms with van der Waals surface area (Å²) in [5, 5.41) is 0.645. The van der Waals surface area contributed by atoms with Crippen LogP contribution < -0.4 is 20.3 Å². The van der Waals surface area contributed by atoms with E-state index >= 15 is 0 Å². The highest BCUT2D eigenvalue weighted by molar-refractivity contribution is 6.30. The molecule has 0 fully saturated rings. The van der Waals surface area contributed by atoms with E-state index in [0.29, 0.717) is 34.3 Å². The Morgan fingerprint density at radius 3 is 2.14 bits per heavy atom. The summed E-state index contributed by atoms with van der Waals surface area (Å²) in [5.41, 5.74) is 6.46. The molecule has 7 heteroatoms. The highest BCUT2D eigenvalue weighted by Gasteiger charge is 2.10. The fourth-order valence-corrected chi connectivity index (χ4v) is 2.60. The number of rotatable bonds is 6. The van der Waals surface area contributed by atoms with E-state index in [1.165, 1.54) is 7.11 Å². The summed E-state index contributed by atoms with van der Waals surface area (Å²) in [6.07, 6.45) is 0. The molecular formula is C22H19ClN2O4. The average Bonchev–Trinajstić information content (AvgIpc) is 2.77. The second-order valence-electron chi connectivity index (χ2n) is 6.08. The molecular weight excluding hydrogens is 392 g/mol. The van der Waals surface area contributed by atoms with Crippen LogP contribution >= 0.6 is 11.6 Å². The van der Waals surface area contributed by atoms with Gasteiger partial charge < -0.3 is 9.47 Å². The summed E-state index contributed by atoms with van der Waals surface area (Å²) in [4.78, 5) is 24.4. The van der Waals surface area contributed by atoms with Gasteiger partial charge in [-0.25, -0.2) is 0 Å². The molecule has 2 amide bonds. The van der Waals surface area contributed by atoms with Crippen molar-refractivity contribution in [3.63, 3.8) is 0 Å². The van der Waals surface area contributed by atoms with Gasteiger partial charge in [-0.3, -0.25) is 20.4 Å². The Morgan fingerprint density at radius 1 is 0.828 bits per heavy atom. The van der Waals surface area contributed by atoms with E-state index in [2.05, 4.69) is 10.9 Å². The van der Waals surface area contributed by atoms with Crippen molar-refractivity contribution in [2.24, 2.45) is 0 Å². The lowest BCUT2D eigenvalue weighted by molar-refractivity contribution is 0.0846. The van der Waals surface area contributed by atoms with Crippen LogP contribution in [0.3, 0.4) is 0 Å². The SMILES string of the molecule is COc1cccc(C(=O)NNC(=O)c2ccc(COc3ccc(Cl)cc3)cc2)c1. The molecule has 0 radical (unpaired) electrons. The van der Waals surface area contributed by atoms with Crippen LogP contribution in [0.25, 0.3) is 0 Å². The van der Waals surface area contributed by atoms with E-state index in [1.54, 1.807) is 72.8 Å². The standard InChI is InChI=1S/C22H19ClN2O4/c1-28-20-4-2-3-17(13-20)22(27)25-24-21(26)16-7-5-15(6-8-16)14-29-19-11-9-18(23)10-12-19/h2-13H,14H2,1H3,(H,24,26)(H,25,27). The Kier molecular flexibility index (Phi) is 6.71. The largest absolute Gasteiger partial charge is 0.497 e. The lowest BCUT2D eigenvalue weighted by atomic mass is 10.1. The first kappa shape index (κ1) is 20.2. The van der Waals surface area contributed by atoms with Gasteiger partial charge in [0.15, 0.2) is 0 Å². The number of methoxy groups -OCH3 is 1. The normalized spacial score (nSPS) is 10.1. The van der Waals surface area contributed by atoms with Gasteiger partial charge in [-0.2, -0.15) is 0 Å². The maximum Gasteiger partial charge on any atom is 0.269 e. The summed E-state index contributed by atoms with van der Waals surface area (Å²) in [6, 6.07) is 20.6. The predicted molar refractivity (Wildman–Crippen MR) is 110 cm³/mol. The molecule has 0 aliphatic rings. The van der Waals surface area contributed by atoms with Gasteiger partial charge in [0.05, 0.1) is 7.11 Å². The molecule has 3 aromatic carbocycles. The first-order chi connectivity index (χ1) is 14.0. The number of halogens is 1.